The van der Waals surface area contributed by atoms with Crippen LogP contribution in [0.3, 0.4) is 0 Å². The van der Waals surface area contributed by atoms with E-state index in [0.29, 0.717) is 0 Å². The number of hydrogen-bond acceptors (Lipinski definition) is 2. The molecule has 0 spiro atoms. The number of aryl methyl sites for hydroxylation is 1. The van der Waals surface area contributed by atoms with Crippen LogP contribution in [0.2, 0.25) is 0 Å². The van der Waals surface area contributed by atoms with Crippen molar-refractivity contribution in [1.82, 2.24) is 9.55 Å². The maximum absolute atomic E-state index is 9.63. The van der Waals surface area contributed by atoms with Gasteiger partial charge in [-0.1, -0.05) is 90.4 Å². The highest BCUT2D eigenvalue weighted by molar-refractivity contribution is 4.94. The van der Waals surface area contributed by atoms with E-state index >= 15 is 0 Å². The Balaban J connectivity index is 1.83. The van der Waals surface area contributed by atoms with E-state index in [4.69, 9.17) is 0 Å². The maximum atomic E-state index is 9.63. The van der Waals surface area contributed by atoms with Gasteiger partial charge in [0.25, 0.3) is 0 Å². The number of nitrogens with zero attached hydrogens (tertiary/aromatic N) is 2. The lowest BCUT2D eigenvalue weighted by Gasteiger charge is -2.09. The van der Waals surface area contributed by atoms with E-state index in [-0.39, 0.29) is 0 Å². The van der Waals surface area contributed by atoms with E-state index in [0.717, 1.165) is 12.4 Å². The minimum Gasteiger partial charge on any atom is -0.385 e. The zero-order valence-corrected chi connectivity index (χ0v) is 16.2. The molecule has 24 heavy (non-hydrogen) atoms. The van der Waals surface area contributed by atoms with Crippen molar-refractivity contribution >= 4 is 0 Å². The summed E-state index contributed by atoms with van der Waals surface area (Å²) in [5.74, 6) is 0.796. The van der Waals surface area contributed by atoms with Crippen LogP contribution in [-0.4, -0.2) is 14.7 Å². The van der Waals surface area contributed by atoms with Crippen LogP contribution in [0.1, 0.15) is 116 Å². The molecule has 1 aromatic rings. The predicted octanol–water partition coefficient (Wildman–Crippen LogP) is 6.42. The standard InChI is InChI=1S/C21H40N2O/c1-3-4-5-6-7-8-9-10-11-12-13-14-15-16-18-23-19-17-22-21(23)20(2)24/h17,19-20,24H,3-16,18H2,1-2H3. The molecule has 0 aromatic carbocycles. The fourth-order valence-electron chi connectivity index (χ4n) is 3.35. The summed E-state index contributed by atoms with van der Waals surface area (Å²) < 4.78 is 2.09. The lowest BCUT2D eigenvalue weighted by Crippen LogP contribution is -2.06. The Hall–Kier alpha value is -0.830. The molecule has 0 aliphatic rings. The Labute approximate surface area is 149 Å². The molecular weight excluding hydrogens is 296 g/mol. The number of unbranched alkanes of at least 4 members (excludes halogenated alkanes) is 13. The van der Waals surface area contributed by atoms with E-state index in [1.54, 1.807) is 13.1 Å². The van der Waals surface area contributed by atoms with E-state index in [2.05, 4.69) is 16.5 Å². The van der Waals surface area contributed by atoms with Crippen molar-refractivity contribution in [2.75, 3.05) is 0 Å². The monoisotopic (exact) mass is 336 g/mol. The van der Waals surface area contributed by atoms with Crippen LogP contribution in [0.4, 0.5) is 0 Å². The van der Waals surface area contributed by atoms with Gasteiger partial charge >= 0.3 is 0 Å². The summed E-state index contributed by atoms with van der Waals surface area (Å²) in [6.45, 7) is 5.05. The first-order valence-electron chi connectivity index (χ1n) is 10.4. The summed E-state index contributed by atoms with van der Waals surface area (Å²) in [6.07, 6.45) is 22.7. The van der Waals surface area contributed by atoms with Crippen molar-refractivity contribution in [2.45, 2.75) is 116 Å². The molecule has 0 saturated heterocycles. The van der Waals surface area contributed by atoms with Gasteiger partial charge in [0.15, 0.2) is 0 Å². The second-order valence-corrected chi connectivity index (χ2v) is 7.25. The van der Waals surface area contributed by atoms with Crippen LogP contribution in [0, 0.1) is 0 Å². The molecule has 3 heteroatoms. The van der Waals surface area contributed by atoms with E-state index in [1.807, 2.05) is 6.20 Å². The number of rotatable bonds is 16. The van der Waals surface area contributed by atoms with Crippen molar-refractivity contribution in [2.24, 2.45) is 0 Å². The quantitative estimate of drug-likeness (QED) is 0.354. The molecule has 140 valence electrons. The third-order valence-corrected chi connectivity index (χ3v) is 4.87. The lowest BCUT2D eigenvalue weighted by molar-refractivity contribution is 0.183. The topological polar surface area (TPSA) is 38.0 Å². The Kier molecular flexibility index (Phi) is 12.8. The Bertz CT molecular complexity index is 387. The van der Waals surface area contributed by atoms with Gasteiger partial charge in [-0.15, -0.1) is 0 Å². The van der Waals surface area contributed by atoms with Gasteiger partial charge in [-0.2, -0.15) is 0 Å². The van der Waals surface area contributed by atoms with Crippen molar-refractivity contribution < 1.29 is 5.11 Å². The zero-order valence-electron chi connectivity index (χ0n) is 16.2. The average Bonchev–Trinajstić information content (AvgIpc) is 3.04. The molecule has 0 bridgehead atoms. The summed E-state index contributed by atoms with van der Waals surface area (Å²) in [7, 11) is 0. The van der Waals surface area contributed by atoms with Gasteiger partial charge in [-0.05, 0) is 13.3 Å². The van der Waals surface area contributed by atoms with Crippen molar-refractivity contribution in [3.63, 3.8) is 0 Å². The van der Waals surface area contributed by atoms with Gasteiger partial charge in [-0.3, -0.25) is 0 Å². The molecule has 0 saturated carbocycles. The molecule has 3 nitrogen and oxygen atoms in total. The number of hydrogen-bond donors (Lipinski definition) is 1. The molecule has 0 amide bonds. The fourth-order valence-corrected chi connectivity index (χ4v) is 3.35. The molecule has 0 aliphatic carbocycles. The Morgan fingerprint density at radius 1 is 0.833 bits per heavy atom. The zero-order chi connectivity index (χ0) is 17.5. The fraction of sp³-hybridized carbons (Fsp3) is 0.857. The van der Waals surface area contributed by atoms with Crippen LogP contribution >= 0.6 is 0 Å². The summed E-state index contributed by atoms with van der Waals surface area (Å²) in [5.41, 5.74) is 0. The largest absolute Gasteiger partial charge is 0.385 e. The predicted molar refractivity (Wildman–Crippen MR) is 103 cm³/mol. The minimum absolute atomic E-state index is 0.466. The van der Waals surface area contributed by atoms with E-state index in [9.17, 15) is 5.11 Å². The van der Waals surface area contributed by atoms with Crippen molar-refractivity contribution in [1.29, 1.82) is 0 Å². The molecule has 1 unspecified atom stereocenters. The van der Waals surface area contributed by atoms with Crippen LogP contribution < -0.4 is 0 Å². The Morgan fingerprint density at radius 2 is 1.29 bits per heavy atom. The average molecular weight is 337 g/mol. The summed E-state index contributed by atoms with van der Waals surface area (Å²) in [4.78, 5) is 4.21. The summed E-state index contributed by atoms with van der Waals surface area (Å²) >= 11 is 0. The number of aromatic nitrogens is 2. The highest BCUT2D eigenvalue weighted by atomic mass is 16.3. The number of imidazole rings is 1. The van der Waals surface area contributed by atoms with Crippen LogP contribution in [0.15, 0.2) is 12.4 Å². The van der Waals surface area contributed by atoms with Gasteiger partial charge < -0.3 is 9.67 Å². The highest BCUT2D eigenvalue weighted by Gasteiger charge is 2.07. The molecule has 1 heterocycles. The van der Waals surface area contributed by atoms with Gasteiger partial charge in [0.05, 0.1) is 0 Å². The van der Waals surface area contributed by atoms with Crippen LogP contribution in [-0.2, 0) is 6.54 Å². The molecule has 0 fully saturated rings. The van der Waals surface area contributed by atoms with Crippen LogP contribution in [0.5, 0.6) is 0 Å². The lowest BCUT2D eigenvalue weighted by atomic mass is 10.0. The maximum Gasteiger partial charge on any atom is 0.137 e. The molecule has 1 aromatic heterocycles. The highest BCUT2D eigenvalue weighted by Crippen LogP contribution is 2.14. The van der Waals surface area contributed by atoms with Crippen molar-refractivity contribution in [3.05, 3.63) is 18.2 Å². The molecule has 0 aliphatic heterocycles. The van der Waals surface area contributed by atoms with E-state index < -0.39 is 6.10 Å². The van der Waals surface area contributed by atoms with Gasteiger partial charge in [0.2, 0.25) is 0 Å². The van der Waals surface area contributed by atoms with Crippen molar-refractivity contribution in [3.8, 4) is 0 Å². The minimum atomic E-state index is -0.466. The first kappa shape index (κ1) is 21.2. The smallest absolute Gasteiger partial charge is 0.137 e. The first-order valence-corrected chi connectivity index (χ1v) is 10.4. The molecule has 0 radical (unpaired) electrons. The summed E-state index contributed by atoms with van der Waals surface area (Å²) in [6, 6.07) is 0. The van der Waals surface area contributed by atoms with Gasteiger partial charge in [0, 0.05) is 18.9 Å². The van der Waals surface area contributed by atoms with Gasteiger partial charge in [-0.25, -0.2) is 4.98 Å². The molecule has 1 N–H and O–H groups in total. The molecular formula is C21H40N2O. The number of aliphatic hydroxyl groups excluding tert-OH is 1. The third kappa shape index (κ3) is 10.1. The van der Waals surface area contributed by atoms with Crippen LogP contribution in [0.25, 0.3) is 0 Å². The third-order valence-electron chi connectivity index (χ3n) is 4.87. The molecule has 1 atom stereocenters. The first-order chi connectivity index (χ1) is 11.8. The van der Waals surface area contributed by atoms with Gasteiger partial charge in [0.1, 0.15) is 11.9 Å². The second kappa shape index (κ2) is 14.5. The molecule has 1 rings (SSSR count). The normalized spacial score (nSPS) is 12.6. The number of aliphatic hydroxyl groups is 1. The SMILES string of the molecule is CCCCCCCCCCCCCCCCn1ccnc1C(C)O. The Morgan fingerprint density at radius 3 is 1.75 bits per heavy atom. The summed E-state index contributed by atoms with van der Waals surface area (Å²) in [5, 5.41) is 9.63. The second-order valence-electron chi connectivity index (χ2n) is 7.25. The van der Waals surface area contributed by atoms with E-state index in [1.165, 1.54) is 89.9 Å².